The molecule has 23 heavy (non-hydrogen) atoms. The molecule has 0 fully saturated rings. The summed E-state index contributed by atoms with van der Waals surface area (Å²) in [7, 11) is 0. The molecule has 0 saturated carbocycles. The van der Waals surface area contributed by atoms with E-state index in [1.54, 1.807) is 10.6 Å². The summed E-state index contributed by atoms with van der Waals surface area (Å²) in [6.45, 7) is 2.66. The van der Waals surface area contributed by atoms with E-state index in [0.29, 0.717) is 18.5 Å². The number of fused-ring (bicyclic) bond motifs is 1. The highest BCUT2D eigenvalue weighted by Gasteiger charge is 2.10. The molecule has 5 nitrogen and oxygen atoms in total. The normalized spacial score (nSPS) is 10.8. The number of aryl methyl sites for hydroxylation is 2. The van der Waals surface area contributed by atoms with Gasteiger partial charge in [0.25, 0.3) is 0 Å². The first-order valence-corrected chi connectivity index (χ1v) is 7.57. The number of benzene rings is 2. The number of esters is 1. The number of hydrogen-bond donors (Lipinski definition) is 1. The van der Waals surface area contributed by atoms with Crippen molar-refractivity contribution in [3.05, 3.63) is 70.1 Å². The minimum Gasteiger partial charge on any atom is -0.462 e. The van der Waals surface area contributed by atoms with E-state index in [0.717, 1.165) is 16.6 Å². The Balaban J connectivity index is 1.59. The number of ether oxygens (including phenoxy) is 1. The smallest absolute Gasteiger partial charge is 0.338 e. The van der Waals surface area contributed by atoms with Crippen molar-refractivity contribution >= 4 is 17.0 Å². The fourth-order valence-electron chi connectivity index (χ4n) is 2.60. The van der Waals surface area contributed by atoms with Crippen molar-refractivity contribution < 1.29 is 9.53 Å². The van der Waals surface area contributed by atoms with Gasteiger partial charge in [-0.05, 0) is 37.1 Å². The molecule has 0 aliphatic rings. The molecule has 0 saturated heterocycles. The molecule has 0 amide bonds. The molecule has 0 bridgehead atoms. The Morgan fingerprint density at radius 3 is 2.70 bits per heavy atom. The zero-order chi connectivity index (χ0) is 16.2. The summed E-state index contributed by atoms with van der Waals surface area (Å²) in [6.07, 6.45) is 0.583. The van der Waals surface area contributed by atoms with Gasteiger partial charge in [0.15, 0.2) is 0 Å². The van der Waals surface area contributed by atoms with Gasteiger partial charge in [-0.2, -0.15) is 0 Å². The van der Waals surface area contributed by atoms with Gasteiger partial charge in [0, 0.05) is 6.54 Å². The van der Waals surface area contributed by atoms with Crippen molar-refractivity contribution in [2.75, 3.05) is 6.61 Å². The van der Waals surface area contributed by atoms with Crippen LogP contribution in [0.3, 0.4) is 0 Å². The van der Waals surface area contributed by atoms with Crippen LogP contribution in [0.1, 0.15) is 22.3 Å². The van der Waals surface area contributed by atoms with Crippen molar-refractivity contribution in [3.63, 3.8) is 0 Å². The molecule has 0 aliphatic carbocycles. The van der Waals surface area contributed by atoms with Crippen LogP contribution in [0.15, 0.2) is 53.3 Å². The maximum atomic E-state index is 12.0. The summed E-state index contributed by atoms with van der Waals surface area (Å²) in [5.74, 6) is -0.325. The van der Waals surface area contributed by atoms with Gasteiger partial charge in [0.05, 0.1) is 23.2 Å². The molecule has 3 rings (SSSR count). The second-order valence-electron chi connectivity index (χ2n) is 5.40. The Hall–Kier alpha value is -2.82. The molecule has 1 heterocycles. The number of nitrogens with zero attached hydrogens (tertiary/aromatic N) is 1. The summed E-state index contributed by atoms with van der Waals surface area (Å²) in [5, 5.41) is 0. The molecule has 5 heteroatoms. The maximum Gasteiger partial charge on any atom is 0.338 e. The number of carbonyl (C=O) groups is 1. The maximum absolute atomic E-state index is 12.0. The van der Waals surface area contributed by atoms with Gasteiger partial charge in [-0.25, -0.2) is 9.59 Å². The summed E-state index contributed by atoms with van der Waals surface area (Å²) in [5.41, 5.74) is 3.01. The molecular formula is C18H18N2O3. The van der Waals surface area contributed by atoms with Crippen molar-refractivity contribution in [2.24, 2.45) is 0 Å². The summed E-state index contributed by atoms with van der Waals surface area (Å²) in [6, 6.07) is 14.9. The van der Waals surface area contributed by atoms with E-state index in [4.69, 9.17) is 4.74 Å². The highest BCUT2D eigenvalue weighted by molar-refractivity contribution is 5.90. The van der Waals surface area contributed by atoms with E-state index < -0.39 is 0 Å². The average molecular weight is 310 g/mol. The topological polar surface area (TPSA) is 64.1 Å². The highest BCUT2D eigenvalue weighted by atomic mass is 16.5. The number of H-pyrrole nitrogens is 1. The molecule has 0 spiro atoms. The summed E-state index contributed by atoms with van der Waals surface area (Å²) >= 11 is 0. The van der Waals surface area contributed by atoms with E-state index in [1.807, 2.05) is 49.4 Å². The lowest BCUT2D eigenvalue weighted by Crippen LogP contribution is -2.18. The van der Waals surface area contributed by atoms with Gasteiger partial charge in [0.1, 0.15) is 0 Å². The standard InChI is InChI=1S/C18H18N2O3/c1-13-7-2-3-8-14(13)17(21)23-12-6-11-20-16-10-5-4-9-15(16)19-18(20)22/h2-5,7-10H,6,11-12H2,1H3,(H,19,22). The zero-order valence-corrected chi connectivity index (χ0v) is 12.9. The number of carbonyl (C=O) groups excluding carboxylic acids is 1. The Labute approximate surface area is 133 Å². The highest BCUT2D eigenvalue weighted by Crippen LogP contribution is 2.11. The van der Waals surface area contributed by atoms with Gasteiger partial charge in [0.2, 0.25) is 0 Å². The minimum atomic E-state index is -0.325. The molecule has 2 aromatic carbocycles. The molecule has 118 valence electrons. The molecule has 0 radical (unpaired) electrons. The predicted octanol–water partition coefficient (Wildman–Crippen LogP) is 2.89. The Morgan fingerprint density at radius 1 is 1.13 bits per heavy atom. The molecule has 1 aromatic heterocycles. The van der Waals surface area contributed by atoms with Crippen LogP contribution in [-0.4, -0.2) is 22.1 Å². The van der Waals surface area contributed by atoms with Crippen molar-refractivity contribution in [1.82, 2.24) is 9.55 Å². The minimum absolute atomic E-state index is 0.142. The lowest BCUT2D eigenvalue weighted by molar-refractivity contribution is 0.0495. The van der Waals surface area contributed by atoms with Gasteiger partial charge in [-0.1, -0.05) is 30.3 Å². The zero-order valence-electron chi connectivity index (χ0n) is 12.9. The van der Waals surface area contributed by atoms with Crippen molar-refractivity contribution in [2.45, 2.75) is 19.9 Å². The second kappa shape index (κ2) is 6.52. The first-order valence-electron chi connectivity index (χ1n) is 7.57. The number of hydrogen-bond acceptors (Lipinski definition) is 3. The Bertz CT molecular complexity index is 892. The third kappa shape index (κ3) is 3.18. The quantitative estimate of drug-likeness (QED) is 0.582. The first-order chi connectivity index (χ1) is 11.2. The number of para-hydroxylation sites is 2. The fraction of sp³-hybridized carbons (Fsp3) is 0.222. The third-order valence-corrected chi connectivity index (χ3v) is 3.81. The Morgan fingerprint density at radius 2 is 1.87 bits per heavy atom. The van der Waals surface area contributed by atoms with E-state index in [1.165, 1.54) is 0 Å². The van der Waals surface area contributed by atoms with Gasteiger partial charge >= 0.3 is 11.7 Å². The van der Waals surface area contributed by atoms with Crippen LogP contribution in [0.5, 0.6) is 0 Å². The van der Waals surface area contributed by atoms with Crippen LogP contribution in [0, 0.1) is 6.92 Å². The number of rotatable bonds is 5. The fourth-order valence-corrected chi connectivity index (χ4v) is 2.60. The predicted molar refractivity (Wildman–Crippen MR) is 88.6 cm³/mol. The lowest BCUT2D eigenvalue weighted by Gasteiger charge is -2.07. The van der Waals surface area contributed by atoms with E-state index in [-0.39, 0.29) is 18.3 Å². The number of aromatic nitrogens is 2. The Kier molecular flexibility index (Phi) is 4.28. The molecular weight excluding hydrogens is 292 g/mol. The summed E-state index contributed by atoms with van der Waals surface area (Å²) in [4.78, 5) is 26.8. The van der Waals surface area contributed by atoms with Crippen LogP contribution in [-0.2, 0) is 11.3 Å². The van der Waals surface area contributed by atoms with Crippen LogP contribution in [0.25, 0.3) is 11.0 Å². The first kappa shape index (κ1) is 15.1. The van der Waals surface area contributed by atoms with Crippen LogP contribution in [0.4, 0.5) is 0 Å². The third-order valence-electron chi connectivity index (χ3n) is 3.81. The number of nitrogens with one attached hydrogen (secondary N) is 1. The van der Waals surface area contributed by atoms with Crippen LogP contribution >= 0.6 is 0 Å². The van der Waals surface area contributed by atoms with Crippen molar-refractivity contribution in [3.8, 4) is 0 Å². The lowest BCUT2D eigenvalue weighted by atomic mass is 10.1. The monoisotopic (exact) mass is 310 g/mol. The largest absolute Gasteiger partial charge is 0.462 e. The molecule has 3 aromatic rings. The van der Waals surface area contributed by atoms with Gasteiger partial charge < -0.3 is 9.72 Å². The average Bonchev–Trinajstić information content (AvgIpc) is 2.87. The van der Waals surface area contributed by atoms with Crippen molar-refractivity contribution in [1.29, 1.82) is 0 Å². The second-order valence-corrected chi connectivity index (χ2v) is 5.40. The number of aromatic amines is 1. The molecule has 1 N–H and O–H groups in total. The van der Waals surface area contributed by atoms with E-state index in [2.05, 4.69) is 4.98 Å². The van der Waals surface area contributed by atoms with Crippen LogP contribution < -0.4 is 5.69 Å². The van der Waals surface area contributed by atoms with Crippen LogP contribution in [0.2, 0.25) is 0 Å². The molecule has 0 unspecified atom stereocenters. The van der Waals surface area contributed by atoms with E-state index >= 15 is 0 Å². The van der Waals surface area contributed by atoms with Gasteiger partial charge in [-0.15, -0.1) is 0 Å². The van der Waals surface area contributed by atoms with Gasteiger partial charge in [-0.3, -0.25) is 4.57 Å². The van der Waals surface area contributed by atoms with E-state index in [9.17, 15) is 9.59 Å². The summed E-state index contributed by atoms with van der Waals surface area (Å²) < 4.78 is 6.96. The SMILES string of the molecule is Cc1ccccc1C(=O)OCCCn1c(=O)[nH]c2ccccc21. The number of imidazole rings is 1. The molecule has 0 atom stereocenters. The molecule has 0 aliphatic heterocycles.